The van der Waals surface area contributed by atoms with Gasteiger partial charge in [-0.25, -0.2) is 4.79 Å². The van der Waals surface area contributed by atoms with Gasteiger partial charge in [0.25, 0.3) is 0 Å². The number of nitrogens with zero attached hydrogens (tertiary/aromatic N) is 2. The second-order valence-electron chi connectivity index (χ2n) is 6.24. The molecule has 2 N–H and O–H groups in total. The molecule has 0 spiro atoms. The van der Waals surface area contributed by atoms with E-state index in [1.807, 2.05) is 42.5 Å². The van der Waals surface area contributed by atoms with Crippen LogP contribution in [0.15, 0.2) is 54.6 Å². The van der Waals surface area contributed by atoms with Gasteiger partial charge in [0.2, 0.25) is 5.91 Å². The Morgan fingerprint density at radius 2 is 1.63 bits per heavy atom. The zero-order valence-electron chi connectivity index (χ0n) is 15.4. The Morgan fingerprint density at radius 1 is 0.963 bits per heavy atom. The maximum Gasteiger partial charge on any atom is 0.319 e. The second-order valence-corrected chi connectivity index (χ2v) is 6.24. The van der Waals surface area contributed by atoms with Gasteiger partial charge in [-0.15, -0.1) is 0 Å². The molecule has 1 saturated heterocycles. The Morgan fingerprint density at radius 3 is 2.26 bits per heavy atom. The average Bonchev–Trinajstić information content (AvgIpc) is 2.73. The zero-order chi connectivity index (χ0) is 19.1. The maximum atomic E-state index is 12.3. The van der Waals surface area contributed by atoms with E-state index in [2.05, 4.69) is 15.5 Å². The van der Waals surface area contributed by atoms with Crippen LogP contribution in [0.2, 0.25) is 0 Å². The Bertz CT molecular complexity index is 757. The van der Waals surface area contributed by atoms with E-state index in [1.165, 1.54) is 0 Å². The molecule has 1 heterocycles. The van der Waals surface area contributed by atoms with Gasteiger partial charge in [0.15, 0.2) is 0 Å². The number of methoxy groups -OCH3 is 1. The predicted octanol–water partition coefficient (Wildman–Crippen LogP) is 2.17. The number of hydrogen-bond donors (Lipinski definition) is 2. The van der Waals surface area contributed by atoms with Crippen molar-refractivity contribution < 1.29 is 14.3 Å². The third-order valence-corrected chi connectivity index (χ3v) is 4.50. The van der Waals surface area contributed by atoms with Crippen molar-refractivity contribution in [2.75, 3.05) is 50.1 Å². The Kier molecular flexibility index (Phi) is 6.14. The van der Waals surface area contributed by atoms with Crippen LogP contribution in [0, 0.1) is 0 Å². The van der Waals surface area contributed by atoms with E-state index in [1.54, 1.807) is 24.1 Å². The molecule has 0 radical (unpaired) electrons. The molecule has 1 aliphatic rings. The summed E-state index contributed by atoms with van der Waals surface area (Å²) < 4.78 is 5.18. The average molecular weight is 368 g/mol. The minimum atomic E-state index is -0.383. The fraction of sp³-hybridized carbons (Fsp3) is 0.300. The summed E-state index contributed by atoms with van der Waals surface area (Å²) in [5.74, 6) is 0.750. The van der Waals surface area contributed by atoms with E-state index in [0.29, 0.717) is 18.8 Å². The lowest BCUT2D eigenvalue weighted by Crippen LogP contribution is -2.51. The molecule has 0 bridgehead atoms. The monoisotopic (exact) mass is 368 g/mol. The number of benzene rings is 2. The highest BCUT2D eigenvalue weighted by atomic mass is 16.5. The molecule has 27 heavy (non-hydrogen) atoms. The molecule has 2 aromatic carbocycles. The van der Waals surface area contributed by atoms with Crippen LogP contribution in [0.4, 0.5) is 16.2 Å². The van der Waals surface area contributed by atoms with Gasteiger partial charge in [-0.05, 0) is 36.4 Å². The lowest BCUT2D eigenvalue weighted by Gasteiger charge is -2.36. The highest BCUT2D eigenvalue weighted by molar-refractivity contribution is 5.92. The van der Waals surface area contributed by atoms with Crippen molar-refractivity contribution in [3.8, 4) is 5.75 Å². The Labute approximate surface area is 158 Å². The summed E-state index contributed by atoms with van der Waals surface area (Å²) in [7, 11) is 1.65. The number of anilines is 2. The number of ether oxygens (including phenoxy) is 1. The molecule has 3 amide bonds. The van der Waals surface area contributed by atoms with Crippen molar-refractivity contribution in [3.63, 3.8) is 0 Å². The Hall–Kier alpha value is -3.22. The zero-order valence-corrected chi connectivity index (χ0v) is 15.4. The van der Waals surface area contributed by atoms with Crippen molar-refractivity contribution in [2.24, 2.45) is 0 Å². The summed E-state index contributed by atoms with van der Waals surface area (Å²) in [5.41, 5.74) is 1.80. The molecule has 1 aliphatic heterocycles. The van der Waals surface area contributed by atoms with Gasteiger partial charge in [-0.3, -0.25) is 4.79 Å². The number of para-hydroxylation sites is 1. The molecule has 142 valence electrons. The normalized spacial score (nSPS) is 13.8. The number of piperazine rings is 1. The SMILES string of the molecule is COc1ccc(N2CCN(C(=O)CNC(=O)Nc3ccccc3)CC2)cc1. The molecule has 0 atom stereocenters. The van der Waals surface area contributed by atoms with Crippen LogP contribution in [0.25, 0.3) is 0 Å². The van der Waals surface area contributed by atoms with Gasteiger partial charge in [0.05, 0.1) is 13.7 Å². The molecule has 7 heteroatoms. The summed E-state index contributed by atoms with van der Waals surface area (Å²) in [6.07, 6.45) is 0. The summed E-state index contributed by atoms with van der Waals surface area (Å²) in [5, 5.41) is 5.31. The maximum absolute atomic E-state index is 12.3. The first-order chi connectivity index (χ1) is 13.2. The van der Waals surface area contributed by atoms with E-state index in [0.717, 1.165) is 24.5 Å². The summed E-state index contributed by atoms with van der Waals surface area (Å²) in [6, 6.07) is 16.7. The molecule has 1 fully saturated rings. The van der Waals surface area contributed by atoms with Gasteiger partial charge in [-0.2, -0.15) is 0 Å². The fourth-order valence-corrected chi connectivity index (χ4v) is 2.97. The number of amides is 3. The minimum Gasteiger partial charge on any atom is -0.497 e. The lowest BCUT2D eigenvalue weighted by molar-refractivity contribution is -0.130. The fourth-order valence-electron chi connectivity index (χ4n) is 2.97. The van der Waals surface area contributed by atoms with E-state index >= 15 is 0 Å². The molecule has 3 rings (SSSR count). The smallest absolute Gasteiger partial charge is 0.319 e. The van der Waals surface area contributed by atoms with Gasteiger partial charge in [-0.1, -0.05) is 18.2 Å². The number of hydrogen-bond acceptors (Lipinski definition) is 4. The van der Waals surface area contributed by atoms with Crippen LogP contribution in [-0.4, -0.2) is 56.7 Å². The van der Waals surface area contributed by atoms with Crippen LogP contribution in [0.1, 0.15) is 0 Å². The topological polar surface area (TPSA) is 73.9 Å². The van der Waals surface area contributed by atoms with Crippen LogP contribution in [0.5, 0.6) is 5.75 Å². The highest BCUT2D eigenvalue weighted by Crippen LogP contribution is 2.20. The first-order valence-electron chi connectivity index (χ1n) is 8.92. The van der Waals surface area contributed by atoms with Gasteiger partial charge < -0.3 is 25.2 Å². The first kappa shape index (κ1) is 18.6. The van der Waals surface area contributed by atoms with Gasteiger partial charge in [0.1, 0.15) is 5.75 Å². The number of carbonyl (C=O) groups excluding carboxylic acids is 2. The largest absolute Gasteiger partial charge is 0.497 e. The summed E-state index contributed by atoms with van der Waals surface area (Å²) in [6.45, 7) is 2.77. The van der Waals surface area contributed by atoms with Gasteiger partial charge >= 0.3 is 6.03 Å². The standard InChI is InChI=1S/C20H24N4O3/c1-27-18-9-7-17(8-10-18)23-11-13-24(14-12-23)19(25)15-21-20(26)22-16-5-3-2-4-6-16/h2-10H,11-15H2,1H3,(H2,21,22,26). The quantitative estimate of drug-likeness (QED) is 0.848. The summed E-state index contributed by atoms with van der Waals surface area (Å²) in [4.78, 5) is 28.2. The second kappa shape index (κ2) is 8.93. The van der Waals surface area contributed by atoms with E-state index in [4.69, 9.17) is 4.74 Å². The third-order valence-electron chi connectivity index (χ3n) is 4.50. The third kappa shape index (κ3) is 5.13. The van der Waals surface area contributed by atoms with Crippen molar-refractivity contribution in [1.29, 1.82) is 0 Å². The molecule has 0 unspecified atom stereocenters. The van der Waals surface area contributed by atoms with Crippen LogP contribution in [0.3, 0.4) is 0 Å². The molecule has 0 saturated carbocycles. The first-order valence-corrected chi connectivity index (χ1v) is 8.92. The molecule has 2 aromatic rings. The molecule has 0 aliphatic carbocycles. The summed E-state index contributed by atoms with van der Waals surface area (Å²) >= 11 is 0. The van der Waals surface area contributed by atoms with Crippen LogP contribution < -0.4 is 20.3 Å². The number of carbonyl (C=O) groups is 2. The molecular weight excluding hydrogens is 344 g/mol. The van der Waals surface area contributed by atoms with E-state index < -0.39 is 0 Å². The highest BCUT2D eigenvalue weighted by Gasteiger charge is 2.21. The van der Waals surface area contributed by atoms with Crippen molar-refractivity contribution >= 4 is 23.3 Å². The predicted molar refractivity (Wildman–Crippen MR) is 105 cm³/mol. The minimum absolute atomic E-state index is 0.0127. The number of urea groups is 1. The number of nitrogens with one attached hydrogen (secondary N) is 2. The molecule has 0 aromatic heterocycles. The van der Waals surface area contributed by atoms with Crippen molar-refractivity contribution in [1.82, 2.24) is 10.2 Å². The lowest BCUT2D eigenvalue weighted by atomic mass is 10.2. The Balaban J connectivity index is 1.42. The molecule has 7 nitrogen and oxygen atoms in total. The van der Waals surface area contributed by atoms with Crippen LogP contribution >= 0.6 is 0 Å². The van der Waals surface area contributed by atoms with E-state index in [-0.39, 0.29) is 18.5 Å². The number of rotatable bonds is 5. The molecular formula is C20H24N4O3. The van der Waals surface area contributed by atoms with Crippen molar-refractivity contribution in [2.45, 2.75) is 0 Å². The van der Waals surface area contributed by atoms with Crippen LogP contribution in [-0.2, 0) is 4.79 Å². The van der Waals surface area contributed by atoms with Gasteiger partial charge in [0, 0.05) is 37.6 Å². The van der Waals surface area contributed by atoms with Crippen molar-refractivity contribution in [3.05, 3.63) is 54.6 Å². The van der Waals surface area contributed by atoms with E-state index in [9.17, 15) is 9.59 Å².